The number of hydrogen-bond donors (Lipinski definition) is 0. The van der Waals surface area contributed by atoms with Gasteiger partial charge in [0.25, 0.3) is 0 Å². The van der Waals surface area contributed by atoms with Crippen molar-refractivity contribution in [2.45, 2.75) is 5.92 Å². The Morgan fingerprint density at radius 3 is 1.04 bits per heavy atom. The van der Waals surface area contributed by atoms with E-state index in [9.17, 15) is 0 Å². The Labute approximate surface area is 437 Å². The van der Waals surface area contributed by atoms with Crippen molar-refractivity contribution in [3.63, 3.8) is 0 Å². The van der Waals surface area contributed by atoms with Crippen LogP contribution in [0.1, 0.15) is 22.6 Å². The summed E-state index contributed by atoms with van der Waals surface area (Å²) in [5, 5.41) is 4.91. The van der Waals surface area contributed by atoms with Crippen molar-refractivity contribution in [1.82, 2.24) is 9.13 Å². The Morgan fingerprint density at radius 1 is 0.187 bits per heavy atom. The number of aromatic nitrogens is 2. The Balaban J connectivity index is 0.881. The summed E-state index contributed by atoms with van der Waals surface area (Å²) in [6, 6.07) is 109. The molecule has 0 atom stereocenters. The molecule has 0 radical (unpaired) electrons. The second-order valence-electron chi connectivity index (χ2n) is 19.7. The summed E-state index contributed by atoms with van der Waals surface area (Å²) in [6.45, 7) is 0. The molecule has 2 heterocycles. The molecule has 0 unspecified atom stereocenters. The maximum atomic E-state index is 2.44. The lowest BCUT2D eigenvalue weighted by molar-refractivity contribution is 0.975. The van der Waals surface area contributed by atoms with Gasteiger partial charge in [-0.05, 0) is 157 Å². The third-order valence-electron chi connectivity index (χ3n) is 15.2. The highest BCUT2D eigenvalue weighted by Crippen LogP contribution is 2.42. The lowest BCUT2D eigenvalue weighted by Gasteiger charge is -2.19. The number of para-hydroxylation sites is 1. The molecule has 12 aromatic carbocycles. The van der Waals surface area contributed by atoms with Crippen LogP contribution in [0.4, 0.5) is 0 Å². The molecule has 0 amide bonds. The molecule has 0 bridgehead atoms. The van der Waals surface area contributed by atoms with Crippen LogP contribution in [-0.2, 0) is 0 Å². The molecule has 0 aliphatic rings. The molecule has 14 rings (SSSR count). The maximum absolute atomic E-state index is 2.44. The Kier molecular flexibility index (Phi) is 11.0. The Hall–Kier alpha value is -9.76. The number of rotatable bonds is 10. The van der Waals surface area contributed by atoms with E-state index in [0.29, 0.717) is 0 Å². The molecule has 2 heteroatoms. The maximum Gasteiger partial charge on any atom is 0.0541 e. The predicted octanol–water partition coefficient (Wildman–Crippen LogP) is 19.4. The zero-order chi connectivity index (χ0) is 49.7. The van der Waals surface area contributed by atoms with E-state index in [4.69, 9.17) is 0 Å². The van der Waals surface area contributed by atoms with Gasteiger partial charge in [0.15, 0.2) is 0 Å². The summed E-state index contributed by atoms with van der Waals surface area (Å²) in [7, 11) is 0. The zero-order valence-electron chi connectivity index (χ0n) is 41.3. The summed E-state index contributed by atoms with van der Waals surface area (Å²) in [4.78, 5) is 0. The van der Waals surface area contributed by atoms with Crippen LogP contribution in [0.2, 0.25) is 0 Å². The highest BCUT2D eigenvalue weighted by molar-refractivity contribution is 6.13. The van der Waals surface area contributed by atoms with Crippen LogP contribution in [0, 0.1) is 0 Å². The summed E-state index contributed by atoms with van der Waals surface area (Å²) in [6.07, 6.45) is 0. The number of fused-ring (bicyclic) bond motifs is 6. The number of hydrogen-bond acceptors (Lipinski definition) is 0. The fourth-order valence-electron chi connectivity index (χ4n) is 11.6. The minimum atomic E-state index is 0.129. The summed E-state index contributed by atoms with van der Waals surface area (Å²) in [5.41, 5.74) is 22.8. The topological polar surface area (TPSA) is 9.86 Å². The standard InChI is InChI=1S/C73H50N2/c1-6-19-50(20-7-1)57-35-40-71-67(47-57)68-49-59(37-42-72(68)74(71)63-38-33-55(34-39-63)73(53-25-12-4-13-26-53)54-27-14-5-15-28-54)58-36-41-70-66(48-58)65-31-16-17-32-69(65)75(70)64-30-18-29-56(46-64)62-44-60(51-21-8-2-9-22-51)43-61(45-62)52-23-10-3-11-24-52/h1-49,73H. The lowest BCUT2D eigenvalue weighted by Crippen LogP contribution is -2.04. The third-order valence-corrected chi connectivity index (χ3v) is 15.2. The van der Waals surface area contributed by atoms with Crippen molar-refractivity contribution in [1.29, 1.82) is 0 Å². The van der Waals surface area contributed by atoms with E-state index in [-0.39, 0.29) is 5.92 Å². The van der Waals surface area contributed by atoms with Crippen molar-refractivity contribution in [3.8, 4) is 67.0 Å². The van der Waals surface area contributed by atoms with Crippen LogP contribution in [0.3, 0.4) is 0 Å². The number of benzene rings is 12. The van der Waals surface area contributed by atoms with Crippen molar-refractivity contribution < 1.29 is 0 Å². The summed E-state index contributed by atoms with van der Waals surface area (Å²) >= 11 is 0. The molecule has 0 saturated heterocycles. The van der Waals surface area contributed by atoms with Gasteiger partial charge in [0.05, 0.1) is 22.1 Å². The highest BCUT2D eigenvalue weighted by Gasteiger charge is 2.20. The first-order chi connectivity index (χ1) is 37.2. The van der Waals surface area contributed by atoms with E-state index in [1.54, 1.807) is 0 Å². The minimum Gasteiger partial charge on any atom is -0.309 e. The molecule has 0 N–H and O–H groups in total. The first-order valence-corrected chi connectivity index (χ1v) is 25.9. The molecule has 0 fully saturated rings. The molecule has 0 spiro atoms. The van der Waals surface area contributed by atoms with Crippen LogP contribution in [0.5, 0.6) is 0 Å². The van der Waals surface area contributed by atoms with Crippen molar-refractivity contribution in [2.75, 3.05) is 0 Å². The van der Waals surface area contributed by atoms with Crippen LogP contribution >= 0.6 is 0 Å². The molecule has 352 valence electrons. The fraction of sp³-hybridized carbons (Fsp3) is 0.0137. The van der Waals surface area contributed by atoms with Gasteiger partial charge in [-0.15, -0.1) is 0 Å². The van der Waals surface area contributed by atoms with Crippen LogP contribution in [0.25, 0.3) is 111 Å². The molecule has 75 heavy (non-hydrogen) atoms. The molecular weight excluding hydrogens is 905 g/mol. The summed E-state index contributed by atoms with van der Waals surface area (Å²) in [5.74, 6) is 0.129. The van der Waals surface area contributed by atoms with E-state index in [0.717, 1.165) is 11.4 Å². The average molecular weight is 955 g/mol. The zero-order valence-corrected chi connectivity index (χ0v) is 41.3. The fourth-order valence-corrected chi connectivity index (χ4v) is 11.6. The molecule has 0 aliphatic heterocycles. The quantitative estimate of drug-likeness (QED) is 0.121. The van der Waals surface area contributed by atoms with E-state index in [1.807, 2.05) is 0 Å². The molecule has 2 aromatic heterocycles. The van der Waals surface area contributed by atoms with Gasteiger partial charge in [-0.25, -0.2) is 0 Å². The average Bonchev–Trinajstić information content (AvgIpc) is 4.03. The first-order valence-electron chi connectivity index (χ1n) is 25.9. The highest BCUT2D eigenvalue weighted by atomic mass is 15.0. The summed E-state index contributed by atoms with van der Waals surface area (Å²) < 4.78 is 4.88. The smallest absolute Gasteiger partial charge is 0.0541 e. The Bertz CT molecular complexity index is 4260. The SMILES string of the molecule is c1ccc(-c2cc(-c3ccccc3)cc(-c3cccc(-n4c5ccccc5c5cc(-c6ccc7c(c6)c6cc(-c8ccccc8)ccc6n7-c6ccc(C(c7ccccc7)c7ccccc7)cc6)ccc54)c3)c2)cc1. The number of nitrogens with zero attached hydrogens (tertiary/aromatic N) is 2. The van der Waals surface area contributed by atoms with Crippen LogP contribution < -0.4 is 0 Å². The molecule has 0 aliphatic carbocycles. The van der Waals surface area contributed by atoms with Crippen LogP contribution in [-0.4, -0.2) is 9.13 Å². The van der Waals surface area contributed by atoms with Gasteiger partial charge in [0.2, 0.25) is 0 Å². The normalized spacial score (nSPS) is 11.6. The molecule has 2 nitrogen and oxygen atoms in total. The lowest BCUT2D eigenvalue weighted by atomic mass is 9.85. The minimum absolute atomic E-state index is 0.129. The van der Waals surface area contributed by atoms with Gasteiger partial charge in [0, 0.05) is 38.8 Å². The Morgan fingerprint density at radius 2 is 0.533 bits per heavy atom. The van der Waals surface area contributed by atoms with Crippen molar-refractivity contribution >= 4 is 43.6 Å². The van der Waals surface area contributed by atoms with Gasteiger partial charge in [0.1, 0.15) is 0 Å². The molecule has 14 aromatic rings. The third kappa shape index (κ3) is 8.01. The second-order valence-corrected chi connectivity index (χ2v) is 19.7. The van der Waals surface area contributed by atoms with Gasteiger partial charge in [-0.1, -0.05) is 212 Å². The van der Waals surface area contributed by atoms with Crippen molar-refractivity contribution in [3.05, 3.63) is 314 Å². The van der Waals surface area contributed by atoms with Crippen LogP contribution in [0.15, 0.2) is 297 Å². The van der Waals surface area contributed by atoms with E-state index in [2.05, 4.69) is 306 Å². The van der Waals surface area contributed by atoms with E-state index in [1.165, 1.54) is 116 Å². The van der Waals surface area contributed by atoms with Gasteiger partial charge in [-0.3, -0.25) is 0 Å². The first kappa shape index (κ1) is 44.0. The van der Waals surface area contributed by atoms with E-state index < -0.39 is 0 Å². The van der Waals surface area contributed by atoms with Gasteiger partial charge in [-0.2, -0.15) is 0 Å². The largest absolute Gasteiger partial charge is 0.309 e. The predicted molar refractivity (Wildman–Crippen MR) is 316 cm³/mol. The van der Waals surface area contributed by atoms with Gasteiger partial charge < -0.3 is 9.13 Å². The van der Waals surface area contributed by atoms with Gasteiger partial charge >= 0.3 is 0 Å². The van der Waals surface area contributed by atoms with Crippen molar-refractivity contribution in [2.24, 2.45) is 0 Å². The van der Waals surface area contributed by atoms with E-state index >= 15 is 0 Å². The monoisotopic (exact) mass is 954 g/mol. The second kappa shape index (κ2) is 18.7. The molecule has 0 saturated carbocycles. The molecular formula is C73H50N2.